The first-order valence-electron chi connectivity index (χ1n) is 5.76. The average Bonchev–Trinajstić information content (AvgIpc) is 2.26. The lowest BCUT2D eigenvalue weighted by molar-refractivity contribution is -0.141. The number of carbonyl (C=O) groups excluding carboxylic acids is 1. The summed E-state index contributed by atoms with van der Waals surface area (Å²) in [6.07, 6.45) is 0.998. The molecule has 1 aromatic rings. The monoisotopic (exact) mass is 300 g/mol. The summed E-state index contributed by atoms with van der Waals surface area (Å²) in [6.45, 7) is 1.36. The van der Waals surface area contributed by atoms with Crippen LogP contribution in [0.1, 0.15) is 12.5 Å². The van der Waals surface area contributed by atoms with Gasteiger partial charge in [0.25, 0.3) is 0 Å². The Kier molecular flexibility index (Phi) is 5.09. The molecule has 1 amide bonds. The molecule has 0 saturated carbocycles. The first-order chi connectivity index (χ1) is 9.17. The van der Waals surface area contributed by atoms with E-state index in [0.717, 1.165) is 6.26 Å². The van der Waals surface area contributed by atoms with Gasteiger partial charge in [-0.15, -0.1) is 0 Å². The van der Waals surface area contributed by atoms with Crippen molar-refractivity contribution in [3.05, 3.63) is 29.8 Å². The minimum Gasteiger partial charge on any atom is -0.480 e. The topological polar surface area (TPSA) is 113 Å². The van der Waals surface area contributed by atoms with Crippen LogP contribution in [0.15, 0.2) is 24.3 Å². The highest BCUT2D eigenvalue weighted by atomic mass is 32.2. The molecule has 0 aliphatic heterocycles. The van der Waals surface area contributed by atoms with Gasteiger partial charge in [0.1, 0.15) is 6.04 Å². The molecule has 20 heavy (non-hydrogen) atoms. The van der Waals surface area contributed by atoms with Crippen molar-refractivity contribution in [2.75, 3.05) is 11.0 Å². The molecular formula is C12H16N2O5S. The Morgan fingerprint density at radius 1 is 1.35 bits per heavy atom. The Morgan fingerprint density at radius 2 is 2.00 bits per heavy atom. The molecule has 7 nitrogen and oxygen atoms in total. The molecule has 0 saturated heterocycles. The SMILES string of the molecule is C[C@H](NC(=O)Cc1cccc(NS(C)(=O)=O)c1)C(=O)O. The zero-order chi connectivity index (χ0) is 15.3. The number of amides is 1. The van der Waals surface area contributed by atoms with Crippen LogP contribution in [-0.4, -0.2) is 37.7 Å². The van der Waals surface area contributed by atoms with Crippen molar-refractivity contribution >= 4 is 27.6 Å². The molecule has 1 atom stereocenters. The number of benzene rings is 1. The van der Waals surface area contributed by atoms with Crippen molar-refractivity contribution in [2.24, 2.45) is 0 Å². The van der Waals surface area contributed by atoms with Crippen LogP contribution < -0.4 is 10.0 Å². The number of rotatable bonds is 6. The number of aliphatic carboxylic acids is 1. The highest BCUT2D eigenvalue weighted by molar-refractivity contribution is 7.92. The number of hydrogen-bond acceptors (Lipinski definition) is 4. The fraction of sp³-hybridized carbons (Fsp3) is 0.333. The molecule has 8 heteroatoms. The highest BCUT2D eigenvalue weighted by Crippen LogP contribution is 2.12. The van der Waals surface area contributed by atoms with Crippen molar-refractivity contribution in [1.82, 2.24) is 5.32 Å². The van der Waals surface area contributed by atoms with Crippen LogP contribution in [0.4, 0.5) is 5.69 Å². The standard InChI is InChI=1S/C12H16N2O5S/c1-8(12(16)17)13-11(15)7-9-4-3-5-10(6-9)14-20(2,18)19/h3-6,8,14H,7H2,1-2H3,(H,13,15)(H,16,17)/t8-/m0/s1. The molecule has 0 bridgehead atoms. The van der Waals surface area contributed by atoms with E-state index in [1.54, 1.807) is 18.2 Å². The number of sulfonamides is 1. The van der Waals surface area contributed by atoms with Crippen molar-refractivity contribution in [3.63, 3.8) is 0 Å². The average molecular weight is 300 g/mol. The van der Waals surface area contributed by atoms with Crippen LogP contribution >= 0.6 is 0 Å². The molecular weight excluding hydrogens is 284 g/mol. The number of nitrogens with one attached hydrogen (secondary N) is 2. The summed E-state index contributed by atoms with van der Waals surface area (Å²) >= 11 is 0. The number of hydrogen-bond donors (Lipinski definition) is 3. The summed E-state index contributed by atoms with van der Waals surface area (Å²) in [5.41, 5.74) is 0.929. The van der Waals surface area contributed by atoms with Gasteiger partial charge >= 0.3 is 5.97 Å². The van der Waals surface area contributed by atoms with Gasteiger partial charge in [0.05, 0.1) is 12.7 Å². The fourth-order valence-corrected chi connectivity index (χ4v) is 2.05. The zero-order valence-corrected chi connectivity index (χ0v) is 11.9. The van der Waals surface area contributed by atoms with Crippen molar-refractivity contribution in [1.29, 1.82) is 0 Å². The molecule has 1 rings (SSSR count). The lowest BCUT2D eigenvalue weighted by Crippen LogP contribution is -2.39. The van der Waals surface area contributed by atoms with Crippen LogP contribution in [0.5, 0.6) is 0 Å². The maximum atomic E-state index is 11.6. The van der Waals surface area contributed by atoms with E-state index in [0.29, 0.717) is 11.3 Å². The molecule has 0 radical (unpaired) electrons. The molecule has 0 heterocycles. The van der Waals surface area contributed by atoms with Gasteiger partial charge in [0.15, 0.2) is 0 Å². The third kappa shape index (κ3) is 5.70. The van der Waals surface area contributed by atoms with E-state index in [2.05, 4.69) is 10.0 Å². The quantitative estimate of drug-likeness (QED) is 0.694. The van der Waals surface area contributed by atoms with Crippen molar-refractivity contribution in [2.45, 2.75) is 19.4 Å². The second-order valence-corrected chi connectivity index (χ2v) is 6.13. The van der Waals surface area contributed by atoms with Crippen molar-refractivity contribution < 1.29 is 23.1 Å². The van der Waals surface area contributed by atoms with Gasteiger partial charge in [-0.3, -0.25) is 14.3 Å². The van der Waals surface area contributed by atoms with E-state index in [9.17, 15) is 18.0 Å². The minimum atomic E-state index is -3.38. The second-order valence-electron chi connectivity index (χ2n) is 4.38. The predicted octanol–water partition coefficient (Wildman–Crippen LogP) is 0.190. The van der Waals surface area contributed by atoms with Gasteiger partial charge in [-0.1, -0.05) is 12.1 Å². The summed E-state index contributed by atoms with van der Waals surface area (Å²) in [6, 6.07) is 5.36. The van der Waals surface area contributed by atoms with Crippen LogP contribution in [-0.2, 0) is 26.0 Å². The first kappa shape index (κ1) is 16.0. The minimum absolute atomic E-state index is 0.0309. The largest absolute Gasteiger partial charge is 0.480 e. The van der Waals surface area contributed by atoms with Gasteiger partial charge in [0.2, 0.25) is 15.9 Å². The lowest BCUT2D eigenvalue weighted by Gasteiger charge is -2.10. The van der Waals surface area contributed by atoms with Crippen molar-refractivity contribution in [3.8, 4) is 0 Å². The molecule has 0 aliphatic carbocycles. The molecule has 110 valence electrons. The Hall–Kier alpha value is -2.09. The number of carbonyl (C=O) groups is 2. The summed E-state index contributed by atoms with van der Waals surface area (Å²) in [7, 11) is -3.38. The van der Waals surface area contributed by atoms with Crippen LogP contribution in [0.3, 0.4) is 0 Å². The van der Waals surface area contributed by atoms with Crippen LogP contribution in [0, 0.1) is 0 Å². The second kappa shape index (κ2) is 6.38. The molecule has 0 aromatic heterocycles. The summed E-state index contributed by atoms with van der Waals surface area (Å²) in [4.78, 5) is 22.2. The van der Waals surface area contributed by atoms with E-state index < -0.39 is 27.9 Å². The van der Waals surface area contributed by atoms with Gasteiger partial charge < -0.3 is 10.4 Å². The Bertz CT molecular complexity index is 612. The van der Waals surface area contributed by atoms with Gasteiger partial charge in [-0.2, -0.15) is 0 Å². The molecule has 0 unspecified atom stereocenters. The zero-order valence-electron chi connectivity index (χ0n) is 11.1. The number of anilines is 1. The summed E-state index contributed by atoms with van der Waals surface area (Å²) in [5.74, 6) is -1.57. The summed E-state index contributed by atoms with van der Waals surface area (Å²) in [5, 5.41) is 11.0. The Morgan fingerprint density at radius 3 is 2.55 bits per heavy atom. The lowest BCUT2D eigenvalue weighted by atomic mass is 10.1. The van der Waals surface area contributed by atoms with E-state index in [1.807, 2.05) is 0 Å². The maximum Gasteiger partial charge on any atom is 0.325 e. The van der Waals surface area contributed by atoms with Crippen LogP contribution in [0.25, 0.3) is 0 Å². The van der Waals surface area contributed by atoms with E-state index in [1.165, 1.54) is 13.0 Å². The van der Waals surface area contributed by atoms with E-state index in [-0.39, 0.29) is 6.42 Å². The van der Waals surface area contributed by atoms with Gasteiger partial charge in [-0.25, -0.2) is 8.42 Å². The molecule has 0 aliphatic rings. The number of carboxylic acids is 1. The third-order valence-corrected chi connectivity index (χ3v) is 2.95. The van der Waals surface area contributed by atoms with E-state index >= 15 is 0 Å². The van der Waals surface area contributed by atoms with Gasteiger partial charge in [-0.05, 0) is 24.6 Å². The molecule has 0 spiro atoms. The van der Waals surface area contributed by atoms with Crippen LogP contribution in [0.2, 0.25) is 0 Å². The normalized spacial score (nSPS) is 12.5. The number of carboxylic acid groups (broad SMARTS) is 1. The van der Waals surface area contributed by atoms with Gasteiger partial charge in [0, 0.05) is 5.69 Å². The Balaban J connectivity index is 2.71. The third-order valence-electron chi connectivity index (χ3n) is 2.34. The Labute approximate surface area is 117 Å². The fourth-order valence-electron chi connectivity index (χ4n) is 1.50. The van der Waals surface area contributed by atoms with E-state index in [4.69, 9.17) is 5.11 Å². The highest BCUT2D eigenvalue weighted by Gasteiger charge is 2.14. The first-order valence-corrected chi connectivity index (χ1v) is 7.65. The summed E-state index contributed by atoms with van der Waals surface area (Å²) < 4.78 is 24.5. The maximum absolute atomic E-state index is 11.6. The predicted molar refractivity (Wildman–Crippen MR) is 73.9 cm³/mol. The smallest absolute Gasteiger partial charge is 0.325 e. The molecule has 3 N–H and O–H groups in total. The molecule has 0 fully saturated rings. The molecule has 1 aromatic carbocycles.